The molecule has 0 spiro atoms. The van der Waals surface area contributed by atoms with Crippen LogP contribution in [-0.2, 0) is 12.8 Å². The molecule has 7 nitrogen and oxygen atoms in total. The van der Waals surface area contributed by atoms with Crippen molar-refractivity contribution >= 4 is 47.1 Å². The Morgan fingerprint density at radius 2 is 2.14 bits per heavy atom. The first-order valence-corrected chi connectivity index (χ1v) is 10.6. The molecular formula is C12H14AsClN2O5S. The van der Waals surface area contributed by atoms with Crippen molar-refractivity contribution in [1.82, 2.24) is 5.32 Å². The third-order valence-electron chi connectivity index (χ3n) is 3.06. The van der Waals surface area contributed by atoms with Gasteiger partial charge < -0.3 is 0 Å². The van der Waals surface area contributed by atoms with E-state index < -0.39 is 31.0 Å². The number of nitrogens with one attached hydrogen (secondary N) is 2. The average molecular weight is 409 g/mol. The molecule has 1 saturated heterocycles. The van der Waals surface area contributed by atoms with E-state index in [2.05, 4.69) is 10.6 Å². The summed E-state index contributed by atoms with van der Waals surface area (Å²) >= 11 is 7.21. The van der Waals surface area contributed by atoms with E-state index in [-0.39, 0.29) is 10.7 Å². The van der Waals surface area contributed by atoms with Gasteiger partial charge >= 0.3 is 141 Å². The molecule has 120 valence electrons. The number of hydrogen-bond donors (Lipinski definition) is 3. The summed E-state index contributed by atoms with van der Waals surface area (Å²) in [5.74, 6) is -0.604. The first kappa shape index (κ1) is 17.4. The molecule has 0 aliphatic carbocycles. The first-order valence-electron chi connectivity index (χ1n) is 6.47. The molecule has 0 bridgehead atoms. The van der Waals surface area contributed by atoms with Crippen molar-refractivity contribution in [3.8, 4) is 5.75 Å². The fourth-order valence-electron chi connectivity index (χ4n) is 2.05. The van der Waals surface area contributed by atoms with Crippen molar-refractivity contribution in [2.75, 3.05) is 11.9 Å². The molecule has 1 aliphatic rings. The average Bonchev–Trinajstić information content (AvgIpc) is 2.42. The first-order chi connectivity index (χ1) is 10.3. The van der Waals surface area contributed by atoms with Crippen LogP contribution in [0.5, 0.6) is 5.75 Å². The Bertz CT molecular complexity index is 676. The maximum absolute atomic E-state index is 11.9. The third kappa shape index (κ3) is 4.29. The zero-order valence-corrected chi connectivity index (χ0v) is 14.8. The van der Waals surface area contributed by atoms with Gasteiger partial charge in [0.15, 0.2) is 0 Å². The summed E-state index contributed by atoms with van der Waals surface area (Å²) in [6.07, 6.45) is 2.21. The Morgan fingerprint density at radius 1 is 1.41 bits per heavy atom. The second kappa shape index (κ2) is 7.08. The monoisotopic (exact) mass is 408 g/mol. The van der Waals surface area contributed by atoms with E-state index in [0.29, 0.717) is 13.0 Å². The zero-order valence-electron chi connectivity index (χ0n) is 11.4. The number of halogens is 1. The number of carbonyl (C=O) groups is 1. The number of ether oxygens (including phenoxy) is 1. The van der Waals surface area contributed by atoms with Gasteiger partial charge in [0.1, 0.15) is 0 Å². The van der Waals surface area contributed by atoms with Crippen LogP contribution in [0.1, 0.15) is 19.3 Å². The number of phenolic OH excluding ortho intramolecular Hbond substituents is 1. The number of carbonyl (C=O) groups excluding carboxylic acids is 1. The molecule has 22 heavy (non-hydrogen) atoms. The van der Waals surface area contributed by atoms with E-state index in [1.54, 1.807) is 0 Å². The van der Waals surface area contributed by atoms with Gasteiger partial charge in [-0.3, -0.25) is 0 Å². The standard InChI is InChI=1S/C12H14AsClN2O5S/c13-22(19,20)11-7(14)4-5-8(10(11)17)15-12(18)16-9-3-1-2-6-21-9/h4-5,9,17H,1-3,6H2,(H2,15,16,18). The van der Waals surface area contributed by atoms with E-state index in [1.807, 2.05) is 0 Å². The Labute approximate surface area is 140 Å². The van der Waals surface area contributed by atoms with Crippen LogP contribution in [0.4, 0.5) is 10.5 Å². The predicted molar refractivity (Wildman–Crippen MR) is 81.8 cm³/mol. The van der Waals surface area contributed by atoms with Gasteiger partial charge in [0.25, 0.3) is 0 Å². The fraction of sp³-hybridized carbons (Fsp3) is 0.417. The summed E-state index contributed by atoms with van der Waals surface area (Å²) in [4.78, 5) is 11.4. The molecule has 2 radical (unpaired) electrons. The summed E-state index contributed by atoms with van der Waals surface area (Å²) < 4.78 is 28.6. The van der Waals surface area contributed by atoms with Crippen molar-refractivity contribution in [3.05, 3.63) is 17.2 Å². The van der Waals surface area contributed by atoms with Crippen molar-refractivity contribution in [2.24, 2.45) is 0 Å². The molecule has 3 N–H and O–H groups in total. The zero-order chi connectivity index (χ0) is 16.3. The predicted octanol–water partition coefficient (Wildman–Crippen LogP) is 1.55. The number of hydrogen-bond acceptors (Lipinski definition) is 5. The summed E-state index contributed by atoms with van der Waals surface area (Å²) in [5.41, 5.74) is -0.0534. The summed E-state index contributed by atoms with van der Waals surface area (Å²) in [5, 5.41) is 14.9. The number of urea groups is 1. The van der Waals surface area contributed by atoms with E-state index in [0.717, 1.165) is 12.8 Å². The van der Waals surface area contributed by atoms with Crippen LogP contribution in [0.3, 0.4) is 0 Å². The number of amides is 2. The van der Waals surface area contributed by atoms with Gasteiger partial charge in [0.05, 0.1) is 0 Å². The van der Waals surface area contributed by atoms with Crippen LogP contribution < -0.4 is 10.6 Å². The molecule has 1 fully saturated rings. The van der Waals surface area contributed by atoms with Crippen molar-refractivity contribution in [2.45, 2.75) is 30.4 Å². The molecular weight excluding hydrogens is 395 g/mol. The van der Waals surface area contributed by atoms with Crippen LogP contribution in [0.2, 0.25) is 5.02 Å². The van der Waals surface area contributed by atoms with E-state index in [1.165, 1.54) is 27.8 Å². The molecule has 0 aromatic heterocycles. The van der Waals surface area contributed by atoms with Gasteiger partial charge in [-0.05, 0) is 0 Å². The third-order valence-corrected chi connectivity index (χ3v) is 5.57. The second-order valence-corrected chi connectivity index (χ2v) is 9.49. The molecule has 1 unspecified atom stereocenters. The summed E-state index contributed by atoms with van der Waals surface area (Å²) in [6.45, 7) is 0.577. The van der Waals surface area contributed by atoms with E-state index >= 15 is 0 Å². The molecule has 0 saturated carbocycles. The minimum atomic E-state index is -3.79. The number of benzene rings is 1. The quantitative estimate of drug-likeness (QED) is 0.520. The van der Waals surface area contributed by atoms with E-state index in [9.17, 15) is 18.3 Å². The number of rotatable bonds is 3. The SMILES string of the molecule is O=C(Nc1ccc(Cl)c(S(=O)(=O)[As])c1O)NC1CCCCO1. The number of anilines is 1. The Balaban J connectivity index is 2.14. The van der Waals surface area contributed by atoms with Crippen LogP contribution in [0.15, 0.2) is 17.0 Å². The molecule has 10 heteroatoms. The van der Waals surface area contributed by atoms with Gasteiger partial charge in [-0.15, -0.1) is 0 Å². The molecule has 1 aromatic rings. The molecule has 1 heterocycles. The summed E-state index contributed by atoms with van der Waals surface area (Å²) in [6, 6.07) is 2.01. The second-order valence-electron chi connectivity index (χ2n) is 4.70. The van der Waals surface area contributed by atoms with Gasteiger partial charge in [-0.2, -0.15) is 0 Å². The molecule has 2 rings (SSSR count). The van der Waals surface area contributed by atoms with Crippen LogP contribution in [0, 0.1) is 0 Å². The van der Waals surface area contributed by atoms with Crippen LogP contribution in [0.25, 0.3) is 0 Å². The Kier molecular flexibility index (Phi) is 5.60. The van der Waals surface area contributed by atoms with Crippen molar-refractivity contribution in [3.63, 3.8) is 0 Å². The van der Waals surface area contributed by atoms with Gasteiger partial charge in [-0.25, -0.2) is 0 Å². The van der Waals surface area contributed by atoms with Gasteiger partial charge in [-0.1, -0.05) is 0 Å². The van der Waals surface area contributed by atoms with Gasteiger partial charge in [0.2, 0.25) is 0 Å². The fourth-order valence-corrected chi connectivity index (χ4v) is 4.69. The summed E-state index contributed by atoms with van der Waals surface area (Å²) in [7, 11) is -3.79. The topological polar surface area (TPSA) is 105 Å². The van der Waals surface area contributed by atoms with Crippen molar-refractivity contribution in [1.29, 1.82) is 0 Å². The Hall–Kier alpha value is -0.952. The number of phenols is 1. The van der Waals surface area contributed by atoms with Gasteiger partial charge in [0, 0.05) is 0 Å². The van der Waals surface area contributed by atoms with Crippen LogP contribution >= 0.6 is 11.6 Å². The molecule has 1 aromatic carbocycles. The van der Waals surface area contributed by atoms with Crippen molar-refractivity contribution < 1.29 is 23.1 Å². The molecule has 1 atom stereocenters. The minimum absolute atomic E-state index is 0.0534. The molecule has 1 aliphatic heterocycles. The van der Waals surface area contributed by atoms with E-state index in [4.69, 9.17) is 16.3 Å². The normalized spacial score (nSPS) is 18.7. The maximum atomic E-state index is 11.9. The van der Waals surface area contributed by atoms with Crippen LogP contribution in [-0.4, -0.2) is 48.1 Å². The number of aromatic hydroxyl groups is 1. The molecule has 2 amide bonds. The Morgan fingerprint density at radius 3 is 2.73 bits per heavy atom.